The van der Waals surface area contributed by atoms with Crippen molar-refractivity contribution in [3.63, 3.8) is 0 Å². The Morgan fingerprint density at radius 1 is 1.29 bits per heavy atom. The van der Waals surface area contributed by atoms with Gasteiger partial charge in [-0.25, -0.2) is 0 Å². The van der Waals surface area contributed by atoms with E-state index in [2.05, 4.69) is 15.9 Å². The lowest BCUT2D eigenvalue weighted by Crippen LogP contribution is -2.26. The quantitative estimate of drug-likeness (QED) is 0.801. The molecule has 0 aliphatic rings. The minimum absolute atomic E-state index is 0.0710. The molecule has 110 valence electrons. The summed E-state index contributed by atoms with van der Waals surface area (Å²) in [5.41, 5.74) is 1.55. The number of rotatable bonds is 4. The van der Waals surface area contributed by atoms with Crippen molar-refractivity contribution in [3.8, 4) is 5.75 Å². The predicted octanol–water partition coefficient (Wildman–Crippen LogP) is 4.38. The average Bonchev–Trinajstić information content (AvgIpc) is 2.49. The number of nitrogens with zero attached hydrogens (tertiary/aromatic N) is 1. The Morgan fingerprint density at radius 3 is 2.67 bits per heavy atom. The van der Waals surface area contributed by atoms with Gasteiger partial charge in [0.1, 0.15) is 5.75 Å². The molecule has 0 saturated carbocycles. The Bertz CT molecular complexity index is 660. The maximum atomic E-state index is 12.4. The lowest BCUT2D eigenvalue weighted by molar-refractivity contribution is 0.0784. The Hall–Kier alpha value is -1.52. The van der Waals surface area contributed by atoms with Crippen molar-refractivity contribution in [1.29, 1.82) is 0 Å². The molecule has 0 unspecified atom stereocenters. The van der Waals surface area contributed by atoms with Gasteiger partial charge in [-0.3, -0.25) is 4.79 Å². The fraction of sp³-hybridized carbons (Fsp3) is 0.188. The van der Waals surface area contributed by atoms with E-state index in [1.165, 1.54) is 0 Å². The lowest BCUT2D eigenvalue weighted by atomic mass is 10.1. The lowest BCUT2D eigenvalue weighted by Gasteiger charge is -2.19. The standard InChI is InChI=1S/C16H15BrClNO2/c1-19(10-12-5-3-4-6-15(12)21-2)16(20)11-7-8-14(18)13(17)9-11/h3-9H,10H2,1-2H3. The Kier molecular flexibility index (Phi) is 5.26. The van der Waals surface area contributed by atoms with Gasteiger partial charge in [0.05, 0.1) is 12.1 Å². The molecule has 0 radical (unpaired) electrons. The number of halogens is 2. The third kappa shape index (κ3) is 3.77. The van der Waals surface area contributed by atoms with Crippen LogP contribution >= 0.6 is 27.5 Å². The van der Waals surface area contributed by atoms with Crippen molar-refractivity contribution in [2.24, 2.45) is 0 Å². The number of hydrogen-bond acceptors (Lipinski definition) is 2. The first-order valence-corrected chi connectivity index (χ1v) is 7.52. The molecule has 0 spiro atoms. The molecular formula is C16H15BrClNO2. The van der Waals surface area contributed by atoms with Gasteiger partial charge in [0, 0.05) is 29.2 Å². The van der Waals surface area contributed by atoms with Crippen LogP contribution in [0.2, 0.25) is 5.02 Å². The number of ether oxygens (including phenoxy) is 1. The Labute approximate surface area is 137 Å². The minimum atomic E-state index is -0.0710. The molecule has 0 aromatic heterocycles. The second kappa shape index (κ2) is 6.96. The summed E-state index contributed by atoms with van der Waals surface area (Å²) in [6.07, 6.45) is 0. The molecular weight excluding hydrogens is 354 g/mol. The maximum Gasteiger partial charge on any atom is 0.253 e. The highest BCUT2D eigenvalue weighted by atomic mass is 79.9. The summed E-state index contributed by atoms with van der Waals surface area (Å²) >= 11 is 9.28. The van der Waals surface area contributed by atoms with Crippen LogP contribution in [0, 0.1) is 0 Å². The molecule has 0 aliphatic carbocycles. The van der Waals surface area contributed by atoms with E-state index >= 15 is 0 Å². The van der Waals surface area contributed by atoms with Gasteiger partial charge in [0.25, 0.3) is 5.91 Å². The van der Waals surface area contributed by atoms with Crippen LogP contribution in [0.3, 0.4) is 0 Å². The van der Waals surface area contributed by atoms with Crippen molar-refractivity contribution >= 4 is 33.4 Å². The van der Waals surface area contributed by atoms with E-state index < -0.39 is 0 Å². The number of amides is 1. The minimum Gasteiger partial charge on any atom is -0.496 e. The molecule has 0 N–H and O–H groups in total. The van der Waals surface area contributed by atoms with Gasteiger partial charge < -0.3 is 9.64 Å². The van der Waals surface area contributed by atoms with E-state index in [1.54, 1.807) is 37.3 Å². The highest BCUT2D eigenvalue weighted by Gasteiger charge is 2.14. The first kappa shape index (κ1) is 15.9. The van der Waals surface area contributed by atoms with Crippen LogP contribution in [0.5, 0.6) is 5.75 Å². The molecule has 2 aromatic carbocycles. The zero-order chi connectivity index (χ0) is 15.4. The van der Waals surface area contributed by atoms with Crippen molar-refractivity contribution in [1.82, 2.24) is 4.90 Å². The van der Waals surface area contributed by atoms with Crippen molar-refractivity contribution < 1.29 is 9.53 Å². The fourth-order valence-corrected chi connectivity index (χ4v) is 2.51. The molecule has 0 atom stereocenters. The molecule has 5 heteroatoms. The first-order chi connectivity index (χ1) is 10.0. The molecule has 0 bridgehead atoms. The van der Waals surface area contributed by atoms with Crippen LogP contribution in [0.25, 0.3) is 0 Å². The summed E-state index contributed by atoms with van der Waals surface area (Å²) in [5.74, 6) is 0.702. The number of carbonyl (C=O) groups is 1. The zero-order valence-corrected chi connectivity index (χ0v) is 14.1. The normalized spacial score (nSPS) is 10.3. The number of benzene rings is 2. The summed E-state index contributed by atoms with van der Waals surface area (Å²) in [6.45, 7) is 0.475. The van der Waals surface area contributed by atoms with Crippen LogP contribution in [-0.2, 0) is 6.54 Å². The van der Waals surface area contributed by atoms with Crippen LogP contribution in [0.1, 0.15) is 15.9 Å². The second-order valence-corrected chi connectivity index (χ2v) is 5.86. The molecule has 0 heterocycles. The van der Waals surface area contributed by atoms with Crippen molar-refractivity contribution in [3.05, 3.63) is 63.1 Å². The van der Waals surface area contributed by atoms with Gasteiger partial charge >= 0.3 is 0 Å². The van der Waals surface area contributed by atoms with E-state index in [4.69, 9.17) is 16.3 Å². The molecule has 2 aromatic rings. The maximum absolute atomic E-state index is 12.4. The summed E-state index contributed by atoms with van der Waals surface area (Å²) < 4.78 is 6.01. The number of para-hydroxylation sites is 1. The van der Waals surface area contributed by atoms with Crippen LogP contribution in [0.15, 0.2) is 46.9 Å². The average molecular weight is 369 g/mol. The van der Waals surface area contributed by atoms with E-state index in [0.29, 0.717) is 21.6 Å². The van der Waals surface area contributed by atoms with Gasteiger partial charge in [-0.15, -0.1) is 0 Å². The van der Waals surface area contributed by atoms with E-state index in [1.807, 2.05) is 24.3 Å². The number of hydrogen-bond donors (Lipinski definition) is 0. The highest BCUT2D eigenvalue weighted by Crippen LogP contribution is 2.24. The summed E-state index contributed by atoms with van der Waals surface area (Å²) in [5, 5.41) is 0.582. The third-order valence-electron chi connectivity index (χ3n) is 3.11. The monoisotopic (exact) mass is 367 g/mol. The molecule has 0 fully saturated rings. The second-order valence-electron chi connectivity index (χ2n) is 4.60. The van der Waals surface area contributed by atoms with Crippen LogP contribution in [-0.4, -0.2) is 25.0 Å². The summed E-state index contributed by atoms with van der Waals surface area (Å²) in [7, 11) is 3.38. The van der Waals surface area contributed by atoms with E-state index in [-0.39, 0.29) is 5.91 Å². The highest BCUT2D eigenvalue weighted by molar-refractivity contribution is 9.10. The van der Waals surface area contributed by atoms with Crippen molar-refractivity contribution in [2.45, 2.75) is 6.54 Å². The fourth-order valence-electron chi connectivity index (χ4n) is 2.01. The summed E-state index contributed by atoms with van der Waals surface area (Å²) in [4.78, 5) is 14.1. The van der Waals surface area contributed by atoms with Crippen LogP contribution < -0.4 is 4.74 Å². The zero-order valence-electron chi connectivity index (χ0n) is 11.8. The summed E-state index contributed by atoms with van der Waals surface area (Å²) in [6, 6.07) is 12.8. The molecule has 0 aliphatic heterocycles. The SMILES string of the molecule is COc1ccccc1CN(C)C(=O)c1ccc(Cl)c(Br)c1. The largest absolute Gasteiger partial charge is 0.496 e. The molecule has 21 heavy (non-hydrogen) atoms. The molecule has 2 rings (SSSR count). The molecule has 1 amide bonds. The predicted molar refractivity (Wildman–Crippen MR) is 87.9 cm³/mol. The first-order valence-electron chi connectivity index (χ1n) is 6.35. The third-order valence-corrected chi connectivity index (χ3v) is 4.33. The van der Waals surface area contributed by atoms with Gasteiger partial charge in [-0.05, 0) is 40.2 Å². The van der Waals surface area contributed by atoms with E-state index in [0.717, 1.165) is 11.3 Å². The van der Waals surface area contributed by atoms with E-state index in [9.17, 15) is 4.79 Å². The van der Waals surface area contributed by atoms with Gasteiger partial charge in [-0.2, -0.15) is 0 Å². The van der Waals surface area contributed by atoms with Gasteiger partial charge in [-0.1, -0.05) is 29.8 Å². The van der Waals surface area contributed by atoms with Gasteiger partial charge in [0.15, 0.2) is 0 Å². The topological polar surface area (TPSA) is 29.5 Å². The Balaban J connectivity index is 2.17. The van der Waals surface area contributed by atoms with Crippen LogP contribution in [0.4, 0.5) is 0 Å². The van der Waals surface area contributed by atoms with Gasteiger partial charge in [0.2, 0.25) is 0 Å². The Morgan fingerprint density at radius 2 is 2.00 bits per heavy atom. The van der Waals surface area contributed by atoms with Crippen molar-refractivity contribution in [2.75, 3.05) is 14.2 Å². The number of methoxy groups -OCH3 is 1. The smallest absolute Gasteiger partial charge is 0.253 e. The molecule has 3 nitrogen and oxygen atoms in total. The number of carbonyl (C=O) groups excluding carboxylic acids is 1. The molecule has 0 saturated heterocycles.